The normalized spacial score (nSPS) is 18.7. The molecular weight excluding hydrogens is 269 g/mol. The average molecular weight is 287 g/mol. The van der Waals surface area contributed by atoms with Gasteiger partial charge in [-0.25, -0.2) is 17.5 Å². The Morgan fingerprint density at radius 1 is 1.37 bits per heavy atom. The van der Waals surface area contributed by atoms with Crippen molar-refractivity contribution in [2.45, 2.75) is 43.0 Å². The monoisotopic (exact) mass is 287 g/mol. The predicted molar refractivity (Wildman–Crippen MR) is 69.7 cm³/mol. The molecule has 0 atom stereocenters. The highest BCUT2D eigenvalue weighted by Crippen LogP contribution is 2.31. The zero-order chi connectivity index (χ0) is 14.1. The molecule has 1 aromatic carbocycles. The lowest BCUT2D eigenvalue weighted by molar-refractivity contribution is 0.185. The van der Waals surface area contributed by atoms with E-state index in [2.05, 4.69) is 4.72 Å². The van der Waals surface area contributed by atoms with Crippen LogP contribution in [0.2, 0.25) is 0 Å². The fourth-order valence-electron chi connectivity index (χ4n) is 2.55. The molecule has 0 radical (unpaired) electrons. The summed E-state index contributed by atoms with van der Waals surface area (Å²) in [5, 5.41) is 9.45. The zero-order valence-electron chi connectivity index (χ0n) is 10.8. The molecule has 1 aliphatic rings. The minimum absolute atomic E-state index is 0.0628. The van der Waals surface area contributed by atoms with Crippen LogP contribution in [0.3, 0.4) is 0 Å². The lowest BCUT2D eigenvalue weighted by atomic mass is 10.0. The number of aliphatic hydroxyl groups is 1. The van der Waals surface area contributed by atoms with Crippen LogP contribution in [0.4, 0.5) is 4.39 Å². The lowest BCUT2D eigenvalue weighted by Crippen LogP contribution is -2.49. The third-order valence-corrected chi connectivity index (χ3v) is 5.37. The first-order valence-electron chi connectivity index (χ1n) is 6.30. The second-order valence-electron chi connectivity index (χ2n) is 5.16. The van der Waals surface area contributed by atoms with E-state index in [1.165, 1.54) is 12.1 Å². The standard InChI is InChI=1S/C13H18FNO3S/c1-10-4-5-11(14)8-12(10)19(17,18)15-13(9-16)6-2-3-7-13/h4-5,8,15-16H,2-3,6-7,9H2,1H3. The Hall–Kier alpha value is -0.980. The molecule has 0 spiro atoms. The van der Waals surface area contributed by atoms with Crippen molar-refractivity contribution in [2.24, 2.45) is 0 Å². The lowest BCUT2D eigenvalue weighted by Gasteiger charge is -2.27. The Kier molecular flexibility index (Phi) is 3.94. The molecule has 19 heavy (non-hydrogen) atoms. The van der Waals surface area contributed by atoms with Gasteiger partial charge in [0.2, 0.25) is 10.0 Å². The minimum atomic E-state index is -3.82. The van der Waals surface area contributed by atoms with E-state index in [9.17, 15) is 17.9 Å². The molecule has 0 amide bonds. The van der Waals surface area contributed by atoms with Gasteiger partial charge < -0.3 is 5.11 Å². The minimum Gasteiger partial charge on any atom is -0.394 e. The molecule has 0 heterocycles. The van der Waals surface area contributed by atoms with E-state index in [-0.39, 0.29) is 11.5 Å². The largest absolute Gasteiger partial charge is 0.394 e. The topological polar surface area (TPSA) is 66.4 Å². The fourth-order valence-corrected chi connectivity index (χ4v) is 4.26. The van der Waals surface area contributed by atoms with Gasteiger partial charge in [-0.3, -0.25) is 0 Å². The quantitative estimate of drug-likeness (QED) is 0.886. The van der Waals surface area contributed by atoms with Gasteiger partial charge in [0.05, 0.1) is 17.0 Å². The van der Waals surface area contributed by atoms with Crippen LogP contribution in [-0.2, 0) is 10.0 Å². The SMILES string of the molecule is Cc1ccc(F)cc1S(=O)(=O)NC1(CO)CCCC1. The summed E-state index contributed by atoms with van der Waals surface area (Å²) in [5.41, 5.74) is -0.308. The van der Waals surface area contributed by atoms with Crippen LogP contribution >= 0.6 is 0 Å². The van der Waals surface area contributed by atoms with Crippen LogP contribution in [-0.4, -0.2) is 25.7 Å². The Morgan fingerprint density at radius 2 is 2.00 bits per heavy atom. The predicted octanol–water partition coefficient (Wildman–Crippen LogP) is 1.72. The highest BCUT2D eigenvalue weighted by Gasteiger charge is 2.37. The smallest absolute Gasteiger partial charge is 0.241 e. The van der Waals surface area contributed by atoms with Gasteiger partial charge in [-0.2, -0.15) is 0 Å². The van der Waals surface area contributed by atoms with Gasteiger partial charge in [0.1, 0.15) is 5.82 Å². The maximum atomic E-state index is 13.2. The van der Waals surface area contributed by atoms with E-state index in [4.69, 9.17) is 0 Å². The molecule has 0 unspecified atom stereocenters. The van der Waals surface area contributed by atoms with Crippen molar-refractivity contribution < 1.29 is 17.9 Å². The van der Waals surface area contributed by atoms with Crippen molar-refractivity contribution >= 4 is 10.0 Å². The molecule has 1 saturated carbocycles. The van der Waals surface area contributed by atoms with E-state index >= 15 is 0 Å². The molecule has 0 aromatic heterocycles. The zero-order valence-corrected chi connectivity index (χ0v) is 11.6. The summed E-state index contributed by atoms with van der Waals surface area (Å²) in [6.07, 6.45) is 2.98. The molecule has 0 bridgehead atoms. The second kappa shape index (κ2) is 5.19. The molecule has 6 heteroatoms. The first-order chi connectivity index (χ1) is 8.88. The number of benzene rings is 1. The molecular formula is C13H18FNO3S. The number of hydrogen-bond donors (Lipinski definition) is 2. The van der Waals surface area contributed by atoms with Crippen LogP contribution in [0.25, 0.3) is 0 Å². The van der Waals surface area contributed by atoms with E-state index in [0.717, 1.165) is 18.9 Å². The van der Waals surface area contributed by atoms with Crippen molar-refractivity contribution in [3.05, 3.63) is 29.6 Å². The van der Waals surface area contributed by atoms with Gasteiger partial charge in [-0.05, 0) is 37.5 Å². The highest BCUT2D eigenvalue weighted by atomic mass is 32.2. The first-order valence-corrected chi connectivity index (χ1v) is 7.78. The van der Waals surface area contributed by atoms with Crippen LogP contribution in [0, 0.1) is 12.7 Å². The number of sulfonamides is 1. The molecule has 4 nitrogen and oxygen atoms in total. The highest BCUT2D eigenvalue weighted by molar-refractivity contribution is 7.89. The number of nitrogens with one attached hydrogen (secondary N) is 1. The fraction of sp³-hybridized carbons (Fsp3) is 0.538. The van der Waals surface area contributed by atoms with Crippen molar-refractivity contribution in [3.8, 4) is 0 Å². The third-order valence-electron chi connectivity index (χ3n) is 3.65. The number of aliphatic hydroxyl groups excluding tert-OH is 1. The van der Waals surface area contributed by atoms with Crippen molar-refractivity contribution in [1.82, 2.24) is 4.72 Å². The van der Waals surface area contributed by atoms with E-state index in [0.29, 0.717) is 18.4 Å². The summed E-state index contributed by atoms with van der Waals surface area (Å²) < 4.78 is 40.5. The van der Waals surface area contributed by atoms with E-state index in [1.807, 2.05) is 0 Å². The number of hydrogen-bond acceptors (Lipinski definition) is 3. The van der Waals surface area contributed by atoms with Gasteiger partial charge >= 0.3 is 0 Å². The van der Waals surface area contributed by atoms with Gasteiger partial charge in [0.25, 0.3) is 0 Å². The molecule has 1 aliphatic carbocycles. The van der Waals surface area contributed by atoms with Gasteiger partial charge in [0.15, 0.2) is 0 Å². The van der Waals surface area contributed by atoms with Crippen molar-refractivity contribution in [2.75, 3.05) is 6.61 Å². The molecule has 0 aliphatic heterocycles. The average Bonchev–Trinajstić information content (AvgIpc) is 2.80. The second-order valence-corrected chi connectivity index (χ2v) is 6.81. The summed E-state index contributed by atoms with van der Waals surface area (Å²) >= 11 is 0. The van der Waals surface area contributed by atoms with Crippen molar-refractivity contribution in [1.29, 1.82) is 0 Å². The Bertz CT molecular complexity index is 565. The Labute approximate surface area is 112 Å². The maximum Gasteiger partial charge on any atom is 0.241 e. The summed E-state index contributed by atoms with van der Waals surface area (Å²) in [5.74, 6) is -0.588. The molecule has 2 N–H and O–H groups in total. The van der Waals surface area contributed by atoms with Gasteiger partial charge in [-0.15, -0.1) is 0 Å². The Morgan fingerprint density at radius 3 is 2.58 bits per heavy atom. The molecule has 0 saturated heterocycles. The van der Waals surface area contributed by atoms with Gasteiger partial charge in [-0.1, -0.05) is 18.9 Å². The maximum absolute atomic E-state index is 13.2. The third kappa shape index (κ3) is 2.96. The van der Waals surface area contributed by atoms with Crippen LogP contribution in [0.5, 0.6) is 0 Å². The molecule has 106 valence electrons. The summed E-state index contributed by atoms with van der Waals surface area (Å²) in [4.78, 5) is -0.0628. The number of rotatable bonds is 4. The van der Waals surface area contributed by atoms with Crippen LogP contribution in [0.1, 0.15) is 31.2 Å². The Balaban J connectivity index is 2.34. The summed E-state index contributed by atoms with van der Waals surface area (Å²) in [7, 11) is -3.82. The molecule has 1 fully saturated rings. The van der Waals surface area contributed by atoms with Crippen LogP contribution < -0.4 is 4.72 Å². The van der Waals surface area contributed by atoms with Gasteiger partial charge in [0, 0.05) is 0 Å². The van der Waals surface area contributed by atoms with E-state index in [1.54, 1.807) is 6.92 Å². The van der Waals surface area contributed by atoms with E-state index < -0.39 is 21.4 Å². The van der Waals surface area contributed by atoms with Crippen LogP contribution in [0.15, 0.2) is 23.1 Å². The molecule has 2 rings (SSSR count). The molecule has 1 aromatic rings. The number of aryl methyl sites for hydroxylation is 1. The summed E-state index contributed by atoms with van der Waals surface area (Å²) in [6.45, 7) is 1.38. The number of halogens is 1. The van der Waals surface area contributed by atoms with Crippen molar-refractivity contribution in [3.63, 3.8) is 0 Å². The summed E-state index contributed by atoms with van der Waals surface area (Å²) in [6, 6.07) is 3.67. The first kappa shape index (κ1) is 14.4.